The first-order chi connectivity index (χ1) is 4.72. The normalized spacial score (nSPS) is 8.45. The minimum atomic E-state index is -1.24. The quantitative estimate of drug-likeness (QED) is 0.454. The average Bonchev–Trinajstić information content (AvgIpc) is 1.88. The number of aromatic carboxylic acids is 1. The van der Waals surface area contributed by atoms with Gasteiger partial charge in [0.25, 0.3) is 0 Å². The van der Waals surface area contributed by atoms with Gasteiger partial charge < -0.3 is 9.90 Å². The second-order valence-electron chi connectivity index (χ2n) is 1.77. The predicted molar refractivity (Wildman–Crippen MR) is 35.8 cm³/mol. The van der Waals surface area contributed by atoms with Crippen LogP contribution in [0.5, 0.6) is 0 Å². The molecule has 1 aromatic carbocycles. The van der Waals surface area contributed by atoms with Gasteiger partial charge in [-0.05, 0) is 6.07 Å². The Morgan fingerprint density at radius 1 is 1.36 bits per heavy atom. The Morgan fingerprint density at radius 3 is 2.27 bits per heavy atom. The summed E-state index contributed by atoms with van der Waals surface area (Å²) in [6.07, 6.45) is 0. The van der Waals surface area contributed by atoms with Gasteiger partial charge in [-0.1, -0.05) is 29.8 Å². The smallest absolute Gasteiger partial charge is 0.545 e. The van der Waals surface area contributed by atoms with E-state index in [9.17, 15) is 9.90 Å². The minimum absolute atomic E-state index is 0. The molecule has 0 saturated carbocycles. The van der Waals surface area contributed by atoms with Crippen LogP contribution in [0.25, 0.3) is 0 Å². The summed E-state index contributed by atoms with van der Waals surface area (Å²) in [5.41, 5.74) is 0.0316. The van der Waals surface area contributed by atoms with E-state index in [1.54, 1.807) is 12.1 Å². The number of carbonyl (C=O) groups is 1. The molecular weight excluding hydrogens is 175 g/mol. The van der Waals surface area contributed by atoms with Crippen LogP contribution in [0.4, 0.5) is 0 Å². The zero-order chi connectivity index (χ0) is 7.56. The molecule has 0 bridgehead atoms. The van der Waals surface area contributed by atoms with Crippen LogP contribution < -0.4 is 34.7 Å². The summed E-state index contributed by atoms with van der Waals surface area (Å²) in [6.45, 7) is 0. The molecule has 0 aliphatic heterocycles. The maximum Gasteiger partial charge on any atom is 1.00 e. The van der Waals surface area contributed by atoms with Gasteiger partial charge in [0, 0.05) is 10.6 Å². The number of hydrogen-bond acceptors (Lipinski definition) is 2. The van der Waals surface area contributed by atoms with E-state index in [2.05, 4.69) is 0 Å². The van der Waals surface area contributed by atoms with Crippen molar-refractivity contribution in [3.8, 4) is 0 Å². The molecule has 0 saturated heterocycles. The van der Waals surface area contributed by atoms with E-state index in [1.807, 2.05) is 0 Å². The van der Waals surface area contributed by atoms with Crippen molar-refractivity contribution < 1.29 is 39.5 Å². The summed E-state index contributed by atoms with van der Waals surface area (Å²) in [7, 11) is 0. The van der Waals surface area contributed by atoms with Gasteiger partial charge in [-0.2, -0.15) is 0 Å². The van der Waals surface area contributed by atoms with Crippen LogP contribution in [0.15, 0.2) is 24.3 Å². The molecule has 11 heavy (non-hydrogen) atoms. The van der Waals surface area contributed by atoms with Crippen LogP contribution >= 0.6 is 11.6 Å². The molecule has 2 nitrogen and oxygen atoms in total. The molecular formula is C7H4ClNaO2. The van der Waals surface area contributed by atoms with Crippen molar-refractivity contribution in [2.75, 3.05) is 0 Å². The van der Waals surface area contributed by atoms with Crippen molar-refractivity contribution in [2.24, 2.45) is 0 Å². The van der Waals surface area contributed by atoms with Gasteiger partial charge in [0.15, 0.2) is 0 Å². The molecule has 0 N–H and O–H groups in total. The van der Waals surface area contributed by atoms with Crippen LogP contribution in [0, 0.1) is 0 Å². The van der Waals surface area contributed by atoms with Gasteiger partial charge in [0.05, 0.1) is 5.97 Å². The van der Waals surface area contributed by atoms with Gasteiger partial charge in [-0.3, -0.25) is 0 Å². The van der Waals surface area contributed by atoms with Gasteiger partial charge in [0.2, 0.25) is 0 Å². The van der Waals surface area contributed by atoms with Crippen LogP contribution in [-0.2, 0) is 0 Å². The SMILES string of the molecule is O=C([O-])c1ccccc1Cl.[Na+]. The fraction of sp³-hybridized carbons (Fsp3) is 0. The molecule has 4 heteroatoms. The van der Waals surface area contributed by atoms with Crippen LogP contribution in [-0.4, -0.2) is 5.97 Å². The Balaban J connectivity index is 0.000001000. The van der Waals surface area contributed by atoms with E-state index in [0.717, 1.165) is 0 Å². The molecule has 1 aromatic rings. The Hall–Kier alpha value is -0.0200. The third-order valence-electron chi connectivity index (χ3n) is 1.09. The van der Waals surface area contributed by atoms with Gasteiger partial charge in [0.1, 0.15) is 0 Å². The zero-order valence-corrected chi connectivity index (χ0v) is 8.76. The summed E-state index contributed by atoms with van der Waals surface area (Å²) < 4.78 is 0. The number of carboxylic acid groups (broad SMARTS) is 1. The number of rotatable bonds is 1. The third-order valence-corrected chi connectivity index (χ3v) is 1.42. The molecule has 0 fully saturated rings. The van der Waals surface area contributed by atoms with Crippen LogP contribution in [0.3, 0.4) is 0 Å². The number of benzene rings is 1. The molecule has 0 aliphatic carbocycles. The standard InChI is InChI=1S/C7H5ClO2.Na/c8-6-4-2-1-3-5(6)7(9)10;/h1-4H,(H,9,10);/q;+1/p-1. The second-order valence-corrected chi connectivity index (χ2v) is 2.17. The fourth-order valence-electron chi connectivity index (χ4n) is 0.627. The molecule has 1 rings (SSSR count). The maximum atomic E-state index is 10.2. The van der Waals surface area contributed by atoms with Gasteiger partial charge >= 0.3 is 29.6 Å². The maximum absolute atomic E-state index is 10.2. The zero-order valence-electron chi connectivity index (χ0n) is 6.00. The molecule has 0 aliphatic rings. The van der Waals surface area contributed by atoms with Gasteiger partial charge in [-0.15, -0.1) is 0 Å². The van der Waals surface area contributed by atoms with Crippen LogP contribution in [0.2, 0.25) is 5.02 Å². The van der Waals surface area contributed by atoms with Crippen LogP contribution in [0.1, 0.15) is 10.4 Å². The molecule has 0 heterocycles. The molecule has 0 unspecified atom stereocenters. The Kier molecular flexibility index (Phi) is 4.77. The average molecular weight is 179 g/mol. The minimum Gasteiger partial charge on any atom is -0.545 e. The van der Waals surface area contributed by atoms with Crippen molar-refractivity contribution in [2.45, 2.75) is 0 Å². The van der Waals surface area contributed by atoms with Crippen molar-refractivity contribution in [3.63, 3.8) is 0 Å². The first kappa shape index (κ1) is 11.0. The van der Waals surface area contributed by atoms with E-state index >= 15 is 0 Å². The molecule has 0 radical (unpaired) electrons. The summed E-state index contributed by atoms with van der Waals surface area (Å²) in [5.74, 6) is -1.24. The van der Waals surface area contributed by atoms with Gasteiger partial charge in [-0.25, -0.2) is 0 Å². The number of carboxylic acids is 1. The monoisotopic (exact) mass is 178 g/mol. The van der Waals surface area contributed by atoms with E-state index in [1.165, 1.54) is 12.1 Å². The Labute approximate surface area is 91.5 Å². The first-order valence-corrected chi connectivity index (χ1v) is 3.05. The topological polar surface area (TPSA) is 40.1 Å². The van der Waals surface area contributed by atoms with Crippen molar-refractivity contribution in [1.82, 2.24) is 0 Å². The van der Waals surface area contributed by atoms with E-state index in [4.69, 9.17) is 11.6 Å². The summed E-state index contributed by atoms with van der Waals surface area (Å²) >= 11 is 5.50. The number of carbonyl (C=O) groups excluding carboxylic acids is 1. The summed E-state index contributed by atoms with van der Waals surface area (Å²) in [6, 6.07) is 6.16. The summed E-state index contributed by atoms with van der Waals surface area (Å²) in [4.78, 5) is 10.2. The number of hydrogen-bond donors (Lipinski definition) is 0. The molecule has 0 aromatic heterocycles. The molecule has 0 amide bonds. The largest absolute Gasteiger partial charge is 1.00 e. The fourth-order valence-corrected chi connectivity index (χ4v) is 0.840. The van der Waals surface area contributed by atoms with Crippen molar-refractivity contribution >= 4 is 17.6 Å². The Bertz CT molecular complexity index is 262. The van der Waals surface area contributed by atoms with Crippen molar-refractivity contribution in [3.05, 3.63) is 34.9 Å². The van der Waals surface area contributed by atoms with Crippen molar-refractivity contribution in [1.29, 1.82) is 0 Å². The van der Waals surface area contributed by atoms with E-state index in [0.29, 0.717) is 0 Å². The van der Waals surface area contributed by atoms with E-state index in [-0.39, 0.29) is 40.1 Å². The second kappa shape index (κ2) is 4.78. The molecule has 0 atom stereocenters. The Morgan fingerprint density at radius 2 is 1.91 bits per heavy atom. The third kappa shape index (κ3) is 2.83. The number of halogens is 1. The molecule has 0 spiro atoms. The first-order valence-electron chi connectivity index (χ1n) is 2.67. The summed E-state index contributed by atoms with van der Waals surface area (Å²) in [5, 5.41) is 10.4. The molecule has 52 valence electrons. The van der Waals surface area contributed by atoms with E-state index < -0.39 is 5.97 Å². The predicted octanol–water partition coefficient (Wildman–Crippen LogP) is -2.29.